The lowest BCUT2D eigenvalue weighted by molar-refractivity contribution is 0.562. The average molecular weight is 114 g/mol. The van der Waals surface area contributed by atoms with E-state index in [9.17, 15) is 4.39 Å². The Bertz CT molecular complexity index is 97.0. The molecule has 0 spiro atoms. The van der Waals surface area contributed by atoms with Crippen LogP contribution in [0.4, 0.5) is 4.39 Å². The predicted octanol–water partition coefficient (Wildman–Crippen LogP) is 2.48. The zero-order chi connectivity index (χ0) is 6.41. The van der Waals surface area contributed by atoms with Crippen molar-refractivity contribution in [2.45, 2.75) is 13.8 Å². The van der Waals surface area contributed by atoms with Gasteiger partial charge in [-0.2, -0.15) is 0 Å². The Morgan fingerprint density at radius 3 is 2.50 bits per heavy atom. The standard InChI is InChI=1S/C7H11F/c1-7(2)5-3-4-6-8/h3-5H,6H2,1-2H3. The van der Waals surface area contributed by atoms with E-state index >= 15 is 0 Å². The number of rotatable bonds is 2. The Kier molecular flexibility index (Phi) is 4.23. The van der Waals surface area contributed by atoms with E-state index in [-0.39, 0.29) is 6.67 Å². The van der Waals surface area contributed by atoms with Crippen LogP contribution in [0.5, 0.6) is 0 Å². The maximum atomic E-state index is 11.3. The van der Waals surface area contributed by atoms with E-state index in [0.717, 1.165) is 0 Å². The quantitative estimate of drug-likeness (QED) is 0.484. The van der Waals surface area contributed by atoms with E-state index in [1.165, 1.54) is 11.6 Å². The van der Waals surface area contributed by atoms with Crippen LogP contribution in [0, 0.1) is 0 Å². The maximum absolute atomic E-state index is 11.3. The molecule has 0 nitrogen and oxygen atoms in total. The molecule has 46 valence electrons. The van der Waals surface area contributed by atoms with Crippen LogP contribution in [0.2, 0.25) is 0 Å². The Morgan fingerprint density at radius 1 is 1.50 bits per heavy atom. The van der Waals surface area contributed by atoms with E-state index in [1.54, 1.807) is 6.08 Å². The Hall–Kier alpha value is -0.590. The van der Waals surface area contributed by atoms with Crippen molar-refractivity contribution in [3.63, 3.8) is 0 Å². The fourth-order valence-electron chi connectivity index (χ4n) is 0.312. The van der Waals surface area contributed by atoms with Crippen LogP contribution >= 0.6 is 0 Å². The summed E-state index contributed by atoms with van der Waals surface area (Å²) in [7, 11) is 0. The predicted molar refractivity (Wildman–Crippen MR) is 34.5 cm³/mol. The summed E-state index contributed by atoms with van der Waals surface area (Å²) in [6.45, 7) is 3.58. The Morgan fingerprint density at radius 2 is 2.12 bits per heavy atom. The molecule has 0 rings (SSSR count). The molecule has 0 aromatic rings. The molecule has 0 bridgehead atoms. The zero-order valence-corrected chi connectivity index (χ0v) is 5.32. The van der Waals surface area contributed by atoms with Gasteiger partial charge in [0.2, 0.25) is 0 Å². The minimum Gasteiger partial charge on any atom is -0.247 e. The van der Waals surface area contributed by atoms with Crippen molar-refractivity contribution in [2.24, 2.45) is 0 Å². The summed E-state index contributed by atoms with van der Waals surface area (Å²) in [4.78, 5) is 0. The number of halogens is 1. The van der Waals surface area contributed by atoms with Gasteiger partial charge in [-0.1, -0.05) is 23.8 Å². The van der Waals surface area contributed by atoms with Crippen LogP contribution < -0.4 is 0 Å². The smallest absolute Gasteiger partial charge is 0.108 e. The summed E-state index contributed by atoms with van der Waals surface area (Å²) in [5.41, 5.74) is 1.19. The molecule has 0 saturated carbocycles. The van der Waals surface area contributed by atoms with Crippen LogP contribution in [0.1, 0.15) is 13.8 Å². The molecule has 1 heteroatoms. The van der Waals surface area contributed by atoms with Gasteiger partial charge >= 0.3 is 0 Å². The second-order valence-corrected chi connectivity index (χ2v) is 1.83. The van der Waals surface area contributed by atoms with E-state index in [2.05, 4.69) is 0 Å². The van der Waals surface area contributed by atoms with Gasteiger partial charge in [-0.25, -0.2) is 4.39 Å². The van der Waals surface area contributed by atoms with E-state index < -0.39 is 0 Å². The highest BCUT2D eigenvalue weighted by Crippen LogP contribution is 1.88. The topological polar surface area (TPSA) is 0 Å². The molecule has 0 aliphatic heterocycles. The zero-order valence-electron chi connectivity index (χ0n) is 5.32. The summed E-state index contributed by atoms with van der Waals surface area (Å²) in [6, 6.07) is 0. The van der Waals surface area contributed by atoms with Crippen molar-refractivity contribution in [3.05, 3.63) is 23.8 Å². The molecule has 0 N–H and O–H groups in total. The van der Waals surface area contributed by atoms with Crippen LogP contribution in [-0.2, 0) is 0 Å². The number of alkyl halides is 1. The first kappa shape index (κ1) is 7.41. The molecular formula is C7H11F. The molecule has 0 atom stereocenters. The molecule has 0 amide bonds. The fourth-order valence-corrected chi connectivity index (χ4v) is 0.312. The minimum atomic E-state index is -0.371. The number of hydrogen-bond donors (Lipinski definition) is 0. The van der Waals surface area contributed by atoms with Crippen molar-refractivity contribution < 1.29 is 4.39 Å². The first-order valence-electron chi connectivity index (χ1n) is 2.63. The lowest BCUT2D eigenvalue weighted by atomic mass is 10.3. The van der Waals surface area contributed by atoms with E-state index in [1.807, 2.05) is 19.9 Å². The molecule has 0 aromatic carbocycles. The Balaban J connectivity index is 3.42. The SMILES string of the molecule is CC(C)=CC=CCF. The third kappa shape index (κ3) is 5.41. The van der Waals surface area contributed by atoms with Gasteiger partial charge in [-0.15, -0.1) is 0 Å². The first-order chi connectivity index (χ1) is 3.77. The van der Waals surface area contributed by atoms with Crippen molar-refractivity contribution in [1.29, 1.82) is 0 Å². The summed E-state index contributed by atoms with van der Waals surface area (Å²) in [5.74, 6) is 0. The lowest BCUT2D eigenvalue weighted by Gasteiger charge is -1.79. The van der Waals surface area contributed by atoms with Gasteiger partial charge in [0.15, 0.2) is 0 Å². The third-order valence-electron chi connectivity index (χ3n) is 0.655. The monoisotopic (exact) mass is 114 g/mol. The Labute approximate surface area is 49.7 Å². The van der Waals surface area contributed by atoms with Gasteiger partial charge in [0.1, 0.15) is 6.67 Å². The molecule has 0 heterocycles. The highest BCUT2D eigenvalue weighted by molar-refractivity contribution is 5.07. The van der Waals surface area contributed by atoms with Gasteiger partial charge in [-0.3, -0.25) is 0 Å². The van der Waals surface area contributed by atoms with Gasteiger partial charge < -0.3 is 0 Å². The van der Waals surface area contributed by atoms with Crippen molar-refractivity contribution in [1.82, 2.24) is 0 Å². The number of allylic oxidation sites excluding steroid dienone is 4. The fraction of sp³-hybridized carbons (Fsp3) is 0.429. The van der Waals surface area contributed by atoms with Crippen molar-refractivity contribution >= 4 is 0 Å². The highest BCUT2D eigenvalue weighted by atomic mass is 19.1. The van der Waals surface area contributed by atoms with Gasteiger partial charge in [0.05, 0.1) is 0 Å². The molecule has 8 heavy (non-hydrogen) atoms. The van der Waals surface area contributed by atoms with Crippen LogP contribution in [0.3, 0.4) is 0 Å². The molecule has 0 radical (unpaired) electrons. The summed E-state index contributed by atoms with van der Waals surface area (Å²) in [5, 5.41) is 0. The van der Waals surface area contributed by atoms with E-state index in [4.69, 9.17) is 0 Å². The van der Waals surface area contributed by atoms with Gasteiger partial charge in [0, 0.05) is 0 Å². The molecular weight excluding hydrogens is 103 g/mol. The molecule has 0 aliphatic rings. The van der Waals surface area contributed by atoms with Crippen LogP contribution in [0.25, 0.3) is 0 Å². The largest absolute Gasteiger partial charge is 0.247 e. The maximum Gasteiger partial charge on any atom is 0.108 e. The summed E-state index contributed by atoms with van der Waals surface area (Å²) >= 11 is 0. The second-order valence-electron chi connectivity index (χ2n) is 1.83. The van der Waals surface area contributed by atoms with Crippen molar-refractivity contribution in [2.75, 3.05) is 6.67 Å². The van der Waals surface area contributed by atoms with Crippen LogP contribution in [-0.4, -0.2) is 6.67 Å². The second kappa shape index (κ2) is 4.57. The van der Waals surface area contributed by atoms with Crippen molar-refractivity contribution in [3.8, 4) is 0 Å². The average Bonchev–Trinajstić information content (AvgIpc) is 1.66. The molecule has 0 fully saturated rings. The van der Waals surface area contributed by atoms with Crippen LogP contribution in [0.15, 0.2) is 23.8 Å². The van der Waals surface area contributed by atoms with E-state index in [0.29, 0.717) is 0 Å². The minimum absolute atomic E-state index is 0.371. The lowest BCUT2D eigenvalue weighted by Crippen LogP contribution is -1.61. The van der Waals surface area contributed by atoms with Gasteiger partial charge in [0.25, 0.3) is 0 Å². The van der Waals surface area contributed by atoms with Gasteiger partial charge in [-0.05, 0) is 13.8 Å². The third-order valence-corrected chi connectivity index (χ3v) is 0.655. The number of hydrogen-bond acceptors (Lipinski definition) is 0. The normalized spacial score (nSPS) is 9.88. The highest BCUT2D eigenvalue weighted by Gasteiger charge is 1.68. The molecule has 0 aliphatic carbocycles. The molecule has 0 aromatic heterocycles. The molecule has 0 unspecified atom stereocenters. The summed E-state index contributed by atoms with van der Waals surface area (Å²) < 4.78 is 11.3. The first-order valence-corrected chi connectivity index (χ1v) is 2.63. The molecule has 0 saturated heterocycles. The summed E-state index contributed by atoms with van der Waals surface area (Å²) in [6.07, 6.45) is 5.07.